The summed E-state index contributed by atoms with van der Waals surface area (Å²) in [5.74, 6) is -0.252. The lowest BCUT2D eigenvalue weighted by Gasteiger charge is -2.08. The lowest BCUT2D eigenvalue weighted by atomic mass is 10.1. The third-order valence-corrected chi connectivity index (χ3v) is 4.31. The van der Waals surface area contributed by atoms with E-state index in [2.05, 4.69) is 20.9 Å². The van der Waals surface area contributed by atoms with Gasteiger partial charge in [0.25, 0.3) is 0 Å². The first kappa shape index (κ1) is 18.9. The Labute approximate surface area is 162 Å². The van der Waals surface area contributed by atoms with E-state index in [-0.39, 0.29) is 18.4 Å². The maximum Gasteiger partial charge on any atom is 0.238 e. The molecule has 0 aliphatic heterocycles. The van der Waals surface area contributed by atoms with Gasteiger partial charge in [-0.25, -0.2) is 0 Å². The predicted octanol–water partition coefficient (Wildman–Crippen LogP) is 3.55. The number of carbonyl (C=O) groups excluding carboxylic acids is 2. The highest BCUT2D eigenvalue weighted by molar-refractivity contribution is 6.31. The summed E-state index contributed by atoms with van der Waals surface area (Å²) in [7, 11) is 0. The molecule has 0 spiro atoms. The highest BCUT2D eigenvalue weighted by atomic mass is 35.5. The van der Waals surface area contributed by atoms with E-state index >= 15 is 0 Å². The summed E-state index contributed by atoms with van der Waals surface area (Å²) in [6, 6.07) is 12.7. The molecule has 6 nitrogen and oxygen atoms in total. The number of nitrogens with one attached hydrogen (secondary N) is 4. The summed E-state index contributed by atoms with van der Waals surface area (Å²) in [5.41, 5.74) is 3.59. The molecule has 0 aliphatic carbocycles. The minimum Gasteiger partial charge on any atom is -0.361 e. The molecule has 0 unspecified atom stereocenters. The van der Waals surface area contributed by atoms with Crippen molar-refractivity contribution in [3.8, 4) is 0 Å². The first-order chi connectivity index (χ1) is 13.0. The Hall–Kier alpha value is -2.83. The van der Waals surface area contributed by atoms with Gasteiger partial charge in [-0.1, -0.05) is 11.6 Å². The summed E-state index contributed by atoms with van der Waals surface area (Å²) in [4.78, 5) is 26.2. The van der Waals surface area contributed by atoms with Crippen molar-refractivity contribution in [3.63, 3.8) is 0 Å². The first-order valence-electron chi connectivity index (χ1n) is 8.65. The van der Waals surface area contributed by atoms with Crippen LogP contribution in [0.3, 0.4) is 0 Å². The zero-order valence-electron chi connectivity index (χ0n) is 14.9. The molecule has 1 heterocycles. The Kier molecular flexibility index (Phi) is 6.11. The van der Waals surface area contributed by atoms with Crippen LogP contribution in [0.15, 0.2) is 48.7 Å². The smallest absolute Gasteiger partial charge is 0.238 e. The molecule has 0 saturated heterocycles. The van der Waals surface area contributed by atoms with Crippen LogP contribution in [-0.2, 0) is 16.0 Å². The summed E-state index contributed by atoms with van der Waals surface area (Å²) < 4.78 is 0. The van der Waals surface area contributed by atoms with Crippen LogP contribution in [0.5, 0.6) is 0 Å². The van der Waals surface area contributed by atoms with Crippen molar-refractivity contribution in [2.24, 2.45) is 0 Å². The average Bonchev–Trinajstić information content (AvgIpc) is 3.02. The molecule has 1 aromatic heterocycles. The van der Waals surface area contributed by atoms with Gasteiger partial charge in [0, 0.05) is 40.4 Å². The van der Waals surface area contributed by atoms with Gasteiger partial charge < -0.3 is 20.9 Å². The molecule has 0 atom stereocenters. The zero-order valence-corrected chi connectivity index (χ0v) is 15.7. The van der Waals surface area contributed by atoms with Crippen LogP contribution < -0.4 is 16.0 Å². The van der Waals surface area contributed by atoms with Gasteiger partial charge in [-0.3, -0.25) is 9.59 Å². The number of rotatable bonds is 7. The van der Waals surface area contributed by atoms with Crippen LogP contribution in [0, 0.1) is 0 Å². The van der Waals surface area contributed by atoms with Crippen molar-refractivity contribution in [1.82, 2.24) is 10.3 Å². The van der Waals surface area contributed by atoms with E-state index < -0.39 is 0 Å². The van der Waals surface area contributed by atoms with Gasteiger partial charge in [0.2, 0.25) is 11.8 Å². The molecule has 2 amide bonds. The van der Waals surface area contributed by atoms with Crippen molar-refractivity contribution in [1.29, 1.82) is 0 Å². The van der Waals surface area contributed by atoms with Gasteiger partial charge in [-0.15, -0.1) is 0 Å². The SMILES string of the molecule is CC(=O)Nc1ccc(NC(=O)CNCCc2c[nH]c3ccc(Cl)cc23)cc1. The van der Waals surface area contributed by atoms with Gasteiger partial charge in [0.05, 0.1) is 6.54 Å². The van der Waals surface area contributed by atoms with E-state index in [0.717, 1.165) is 22.9 Å². The first-order valence-corrected chi connectivity index (χ1v) is 9.03. The van der Waals surface area contributed by atoms with Crippen molar-refractivity contribution in [3.05, 3.63) is 59.2 Å². The van der Waals surface area contributed by atoms with Gasteiger partial charge in [-0.2, -0.15) is 0 Å². The van der Waals surface area contributed by atoms with Crippen LogP contribution in [0.4, 0.5) is 11.4 Å². The number of hydrogen-bond acceptors (Lipinski definition) is 3. The quantitative estimate of drug-likeness (QED) is 0.470. The molecule has 0 saturated carbocycles. The minimum atomic E-state index is -0.131. The molecule has 3 aromatic rings. The Bertz CT molecular complexity index is 950. The zero-order chi connectivity index (χ0) is 19.2. The van der Waals surface area contributed by atoms with Gasteiger partial charge >= 0.3 is 0 Å². The maximum absolute atomic E-state index is 12.0. The Morgan fingerprint density at radius 2 is 1.74 bits per heavy atom. The number of carbonyl (C=O) groups is 2. The minimum absolute atomic E-state index is 0.121. The van der Waals surface area contributed by atoms with E-state index in [1.165, 1.54) is 6.92 Å². The molecule has 140 valence electrons. The number of hydrogen-bond donors (Lipinski definition) is 4. The summed E-state index contributed by atoms with van der Waals surface area (Å²) in [6.45, 7) is 2.34. The Morgan fingerprint density at radius 1 is 1.04 bits per heavy atom. The summed E-state index contributed by atoms with van der Waals surface area (Å²) in [6.07, 6.45) is 2.76. The number of halogens is 1. The van der Waals surface area contributed by atoms with E-state index in [9.17, 15) is 9.59 Å². The Balaban J connectivity index is 1.44. The van der Waals surface area contributed by atoms with Crippen LogP contribution >= 0.6 is 11.6 Å². The molecule has 2 aromatic carbocycles. The number of H-pyrrole nitrogens is 1. The lowest BCUT2D eigenvalue weighted by molar-refractivity contribution is -0.115. The number of amides is 2. The van der Waals surface area contributed by atoms with E-state index in [0.29, 0.717) is 22.9 Å². The fourth-order valence-electron chi connectivity index (χ4n) is 2.83. The number of aromatic amines is 1. The average molecular weight is 385 g/mol. The topological polar surface area (TPSA) is 86.0 Å². The molecule has 27 heavy (non-hydrogen) atoms. The number of anilines is 2. The molecule has 0 aliphatic rings. The van der Waals surface area contributed by atoms with E-state index in [4.69, 9.17) is 11.6 Å². The lowest BCUT2D eigenvalue weighted by Crippen LogP contribution is -2.29. The largest absolute Gasteiger partial charge is 0.361 e. The second kappa shape index (κ2) is 8.70. The molecule has 0 fully saturated rings. The normalized spacial score (nSPS) is 10.7. The van der Waals surface area contributed by atoms with Crippen LogP contribution in [0.1, 0.15) is 12.5 Å². The fraction of sp³-hybridized carbons (Fsp3) is 0.200. The highest BCUT2D eigenvalue weighted by Gasteiger charge is 2.06. The van der Waals surface area contributed by atoms with Crippen LogP contribution in [0.25, 0.3) is 10.9 Å². The summed E-state index contributed by atoms with van der Waals surface area (Å²) in [5, 5.41) is 10.5. The van der Waals surface area contributed by atoms with Gasteiger partial charge in [0.15, 0.2) is 0 Å². The van der Waals surface area contributed by atoms with Crippen molar-refractivity contribution in [2.45, 2.75) is 13.3 Å². The number of benzene rings is 2. The molecular weight excluding hydrogens is 364 g/mol. The van der Waals surface area contributed by atoms with Crippen molar-refractivity contribution in [2.75, 3.05) is 23.7 Å². The molecular formula is C20H21ClN4O2. The van der Waals surface area contributed by atoms with E-state index in [1.54, 1.807) is 24.3 Å². The molecule has 0 radical (unpaired) electrons. The summed E-state index contributed by atoms with van der Waals surface area (Å²) >= 11 is 6.06. The highest BCUT2D eigenvalue weighted by Crippen LogP contribution is 2.22. The monoisotopic (exact) mass is 384 g/mol. The third-order valence-electron chi connectivity index (χ3n) is 4.08. The molecule has 3 rings (SSSR count). The van der Waals surface area contributed by atoms with Crippen LogP contribution in [0.2, 0.25) is 5.02 Å². The molecule has 4 N–H and O–H groups in total. The molecule has 0 bridgehead atoms. The van der Waals surface area contributed by atoms with E-state index in [1.807, 2.05) is 24.4 Å². The third kappa shape index (κ3) is 5.32. The second-order valence-electron chi connectivity index (χ2n) is 6.24. The Morgan fingerprint density at radius 3 is 2.44 bits per heavy atom. The number of aromatic nitrogens is 1. The maximum atomic E-state index is 12.0. The van der Waals surface area contributed by atoms with Crippen LogP contribution in [-0.4, -0.2) is 29.9 Å². The second-order valence-corrected chi connectivity index (χ2v) is 6.67. The molecule has 7 heteroatoms. The van der Waals surface area contributed by atoms with Gasteiger partial charge in [0.1, 0.15) is 0 Å². The fourth-order valence-corrected chi connectivity index (χ4v) is 3.00. The predicted molar refractivity (Wildman–Crippen MR) is 109 cm³/mol. The van der Waals surface area contributed by atoms with Crippen molar-refractivity contribution < 1.29 is 9.59 Å². The standard InChI is InChI=1S/C20H21ClN4O2/c1-13(26)24-16-3-5-17(6-4-16)25-20(27)12-22-9-8-14-11-23-19-7-2-15(21)10-18(14)19/h2-7,10-11,22-23H,8-9,12H2,1H3,(H,24,26)(H,25,27). The van der Waals surface area contributed by atoms with Crippen molar-refractivity contribution >= 4 is 45.7 Å². The number of fused-ring (bicyclic) bond motifs is 1. The van der Waals surface area contributed by atoms with Gasteiger partial charge in [-0.05, 0) is 61.0 Å².